The third-order valence-electron chi connectivity index (χ3n) is 2.60. The summed E-state index contributed by atoms with van der Waals surface area (Å²) >= 11 is 1.53. The summed E-state index contributed by atoms with van der Waals surface area (Å²) < 4.78 is 0. The topological polar surface area (TPSA) is 62.2 Å². The Hall–Kier alpha value is -1.72. The maximum absolute atomic E-state index is 11.7. The summed E-state index contributed by atoms with van der Waals surface area (Å²) in [5.41, 5.74) is 1.81. The minimum atomic E-state index is -0.222. The van der Waals surface area contributed by atoms with Gasteiger partial charge in [-0.25, -0.2) is 4.98 Å². The van der Waals surface area contributed by atoms with E-state index < -0.39 is 0 Å². The average Bonchev–Trinajstić information content (AvgIpc) is 2.88. The Balaban J connectivity index is 2.00. The van der Waals surface area contributed by atoms with Crippen molar-refractivity contribution in [1.29, 1.82) is 0 Å². The van der Waals surface area contributed by atoms with Crippen LogP contribution in [-0.2, 0) is 11.2 Å². The van der Waals surface area contributed by atoms with Gasteiger partial charge in [0, 0.05) is 17.0 Å². The Morgan fingerprint density at radius 2 is 2.16 bits per heavy atom. The Morgan fingerprint density at radius 3 is 2.84 bits per heavy atom. The van der Waals surface area contributed by atoms with E-state index in [4.69, 9.17) is 5.11 Å². The number of aliphatic hydroxyl groups is 1. The molecule has 1 atom stereocenters. The van der Waals surface area contributed by atoms with Gasteiger partial charge in [-0.3, -0.25) is 4.79 Å². The minimum Gasteiger partial charge on any atom is -0.394 e. The molecule has 0 aliphatic rings. The summed E-state index contributed by atoms with van der Waals surface area (Å²) in [6.07, 6.45) is 0.244. The van der Waals surface area contributed by atoms with Crippen molar-refractivity contribution in [2.24, 2.45) is 0 Å². The normalized spacial score (nSPS) is 12.1. The molecule has 0 aliphatic carbocycles. The van der Waals surface area contributed by atoms with Gasteiger partial charge in [-0.15, -0.1) is 11.3 Å². The lowest BCUT2D eigenvalue weighted by Gasteiger charge is -2.09. The molecule has 5 heteroatoms. The second kappa shape index (κ2) is 6.45. The van der Waals surface area contributed by atoms with E-state index in [1.54, 1.807) is 6.92 Å². The number of carbonyl (C=O) groups excluding carboxylic acids is 1. The first-order valence-corrected chi connectivity index (χ1v) is 6.97. The third-order valence-corrected chi connectivity index (χ3v) is 3.54. The molecular weight excluding hydrogens is 260 g/mol. The summed E-state index contributed by atoms with van der Waals surface area (Å²) in [5.74, 6) is -0.119. The first-order chi connectivity index (χ1) is 9.19. The Bertz CT molecular complexity index is 539. The van der Waals surface area contributed by atoms with Crippen LogP contribution in [0.5, 0.6) is 0 Å². The highest BCUT2D eigenvalue weighted by molar-refractivity contribution is 7.13. The summed E-state index contributed by atoms with van der Waals surface area (Å²) in [6.45, 7) is 1.70. The molecule has 0 spiro atoms. The molecule has 0 fully saturated rings. The zero-order valence-electron chi connectivity index (χ0n) is 10.7. The molecule has 19 heavy (non-hydrogen) atoms. The van der Waals surface area contributed by atoms with E-state index in [-0.39, 0.29) is 25.0 Å². The van der Waals surface area contributed by atoms with Crippen LogP contribution >= 0.6 is 11.3 Å². The standard InChI is InChI=1S/C14H16N2O2S/c1-10(8-17)15-13(18)7-12-9-19-14(16-12)11-5-3-2-4-6-11/h2-6,9-10,17H,7-8H2,1H3,(H,15,18). The van der Waals surface area contributed by atoms with Gasteiger partial charge < -0.3 is 10.4 Å². The molecule has 0 radical (unpaired) electrons. The molecule has 2 N–H and O–H groups in total. The number of rotatable bonds is 5. The number of aromatic nitrogens is 1. The fraction of sp³-hybridized carbons (Fsp3) is 0.286. The highest BCUT2D eigenvalue weighted by Crippen LogP contribution is 2.23. The monoisotopic (exact) mass is 276 g/mol. The molecule has 100 valence electrons. The van der Waals surface area contributed by atoms with E-state index in [1.165, 1.54) is 11.3 Å². The molecule has 1 aromatic heterocycles. The Morgan fingerprint density at radius 1 is 1.42 bits per heavy atom. The van der Waals surface area contributed by atoms with Crippen LogP contribution < -0.4 is 5.32 Å². The lowest BCUT2D eigenvalue weighted by Crippen LogP contribution is -2.36. The van der Waals surface area contributed by atoms with E-state index >= 15 is 0 Å². The van der Waals surface area contributed by atoms with Gasteiger partial charge in [0.15, 0.2) is 0 Å². The van der Waals surface area contributed by atoms with Crippen molar-refractivity contribution >= 4 is 17.2 Å². The van der Waals surface area contributed by atoms with Crippen LogP contribution in [0.4, 0.5) is 0 Å². The van der Waals surface area contributed by atoms with Crippen LogP contribution in [-0.4, -0.2) is 28.6 Å². The van der Waals surface area contributed by atoms with E-state index in [2.05, 4.69) is 10.3 Å². The SMILES string of the molecule is CC(CO)NC(=O)Cc1csc(-c2ccccc2)n1. The zero-order chi connectivity index (χ0) is 13.7. The number of aliphatic hydroxyl groups excluding tert-OH is 1. The predicted octanol–water partition coefficient (Wildman–Crippen LogP) is 1.85. The van der Waals surface area contributed by atoms with E-state index in [0.29, 0.717) is 0 Å². The first-order valence-electron chi connectivity index (χ1n) is 6.09. The van der Waals surface area contributed by atoms with Crippen LogP contribution in [0, 0.1) is 0 Å². The van der Waals surface area contributed by atoms with Crippen LogP contribution in [0.2, 0.25) is 0 Å². The number of hydrogen-bond acceptors (Lipinski definition) is 4. The predicted molar refractivity (Wildman–Crippen MR) is 75.9 cm³/mol. The van der Waals surface area contributed by atoms with Gasteiger partial charge in [0.2, 0.25) is 5.91 Å². The molecular formula is C14H16N2O2S. The van der Waals surface area contributed by atoms with Crippen LogP contribution in [0.1, 0.15) is 12.6 Å². The minimum absolute atomic E-state index is 0.0575. The quantitative estimate of drug-likeness (QED) is 0.876. The second-order valence-electron chi connectivity index (χ2n) is 4.34. The smallest absolute Gasteiger partial charge is 0.226 e. The van der Waals surface area contributed by atoms with Gasteiger partial charge in [0.05, 0.1) is 18.7 Å². The molecule has 2 aromatic rings. The van der Waals surface area contributed by atoms with Gasteiger partial charge in [-0.05, 0) is 6.92 Å². The molecule has 2 rings (SSSR count). The molecule has 0 saturated heterocycles. The van der Waals surface area contributed by atoms with Gasteiger partial charge >= 0.3 is 0 Å². The van der Waals surface area contributed by atoms with Gasteiger partial charge in [-0.2, -0.15) is 0 Å². The van der Waals surface area contributed by atoms with E-state index in [9.17, 15) is 4.79 Å². The molecule has 4 nitrogen and oxygen atoms in total. The number of nitrogens with zero attached hydrogens (tertiary/aromatic N) is 1. The summed E-state index contributed by atoms with van der Waals surface area (Å²) in [4.78, 5) is 16.1. The van der Waals surface area contributed by atoms with Crippen molar-refractivity contribution < 1.29 is 9.90 Å². The van der Waals surface area contributed by atoms with Gasteiger partial charge in [0.1, 0.15) is 5.01 Å². The number of thiazole rings is 1. The lowest BCUT2D eigenvalue weighted by atomic mass is 10.2. The highest BCUT2D eigenvalue weighted by atomic mass is 32.1. The Kier molecular flexibility index (Phi) is 4.65. The van der Waals surface area contributed by atoms with Crippen molar-refractivity contribution in [3.63, 3.8) is 0 Å². The van der Waals surface area contributed by atoms with Gasteiger partial charge in [-0.1, -0.05) is 30.3 Å². The fourth-order valence-corrected chi connectivity index (χ4v) is 2.46. The largest absolute Gasteiger partial charge is 0.394 e. The summed E-state index contributed by atoms with van der Waals surface area (Å²) in [6, 6.07) is 9.66. The molecule has 0 aliphatic heterocycles. The van der Waals surface area contributed by atoms with E-state index in [0.717, 1.165) is 16.3 Å². The van der Waals surface area contributed by atoms with Crippen molar-refractivity contribution in [2.75, 3.05) is 6.61 Å². The highest BCUT2D eigenvalue weighted by Gasteiger charge is 2.10. The molecule has 0 bridgehead atoms. The lowest BCUT2D eigenvalue weighted by molar-refractivity contribution is -0.121. The van der Waals surface area contributed by atoms with Crippen LogP contribution in [0.3, 0.4) is 0 Å². The second-order valence-corrected chi connectivity index (χ2v) is 5.20. The number of benzene rings is 1. The maximum Gasteiger partial charge on any atom is 0.226 e. The zero-order valence-corrected chi connectivity index (χ0v) is 11.5. The fourth-order valence-electron chi connectivity index (χ4n) is 1.64. The van der Waals surface area contributed by atoms with Crippen molar-refractivity contribution in [1.82, 2.24) is 10.3 Å². The third kappa shape index (κ3) is 3.87. The van der Waals surface area contributed by atoms with Gasteiger partial charge in [0.25, 0.3) is 0 Å². The maximum atomic E-state index is 11.7. The van der Waals surface area contributed by atoms with Crippen molar-refractivity contribution in [2.45, 2.75) is 19.4 Å². The molecule has 1 heterocycles. The van der Waals surface area contributed by atoms with Crippen LogP contribution in [0.25, 0.3) is 10.6 Å². The average molecular weight is 276 g/mol. The summed E-state index contributed by atoms with van der Waals surface area (Å²) in [5, 5.41) is 14.4. The first kappa shape index (κ1) is 13.7. The molecule has 1 amide bonds. The Labute approximate surface area is 116 Å². The number of carbonyl (C=O) groups is 1. The van der Waals surface area contributed by atoms with Crippen molar-refractivity contribution in [3.05, 3.63) is 41.4 Å². The molecule has 1 unspecified atom stereocenters. The van der Waals surface area contributed by atoms with Crippen LogP contribution in [0.15, 0.2) is 35.7 Å². The molecule has 1 aromatic carbocycles. The number of hydrogen-bond donors (Lipinski definition) is 2. The molecule has 0 saturated carbocycles. The van der Waals surface area contributed by atoms with E-state index in [1.807, 2.05) is 35.7 Å². The summed E-state index contributed by atoms with van der Waals surface area (Å²) in [7, 11) is 0. The number of nitrogens with one attached hydrogen (secondary N) is 1. The van der Waals surface area contributed by atoms with Crippen molar-refractivity contribution in [3.8, 4) is 10.6 Å². The number of amides is 1.